The van der Waals surface area contributed by atoms with E-state index < -0.39 is 6.04 Å². The van der Waals surface area contributed by atoms with Crippen LogP contribution < -0.4 is 16.0 Å². The van der Waals surface area contributed by atoms with Crippen LogP contribution in [0.1, 0.15) is 38.2 Å². The van der Waals surface area contributed by atoms with E-state index in [1.165, 1.54) is 7.11 Å². The minimum absolute atomic E-state index is 0.0111. The Morgan fingerprint density at radius 2 is 1.66 bits per heavy atom. The number of urea groups is 1. The molecule has 8 heteroatoms. The molecular formula is C24H29N5O3. The van der Waals surface area contributed by atoms with Crippen molar-refractivity contribution < 1.29 is 14.3 Å². The second-order valence-corrected chi connectivity index (χ2v) is 7.85. The van der Waals surface area contributed by atoms with Gasteiger partial charge < -0.3 is 20.7 Å². The van der Waals surface area contributed by atoms with Crippen LogP contribution in [0.5, 0.6) is 0 Å². The highest BCUT2D eigenvalue weighted by Gasteiger charge is 2.24. The molecule has 32 heavy (non-hydrogen) atoms. The van der Waals surface area contributed by atoms with Crippen molar-refractivity contribution in [2.45, 2.75) is 39.4 Å². The van der Waals surface area contributed by atoms with E-state index in [9.17, 15) is 9.59 Å². The summed E-state index contributed by atoms with van der Waals surface area (Å²) in [7, 11) is 1.36. The van der Waals surface area contributed by atoms with Gasteiger partial charge in [0, 0.05) is 5.39 Å². The van der Waals surface area contributed by atoms with Gasteiger partial charge in [0.25, 0.3) is 0 Å². The fourth-order valence-corrected chi connectivity index (χ4v) is 3.32. The highest BCUT2D eigenvalue weighted by atomic mass is 16.5. The Labute approximate surface area is 187 Å². The first-order valence-electron chi connectivity index (χ1n) is 10.6. The molecule has 1 heterocycles. The molecule has 2 amide bonds. The normalized spacial score (nSPS) is 12.8. The van der Waals surface area contributed by atoms with Gasteiger partial charge in [0.15, 0.2) is 5.82 Å². The molecule has 0 spiro atoms. The van der Waals surface area contributed by atoms with E-state index in [1.54, 1.807) is 0 Å². The van der Waals surface area contributed by atoms with Crippen LogP contribution in [0, 0.1) is 5.92 Å². The van der Waals surface area contributed by atoms with Crippen LogP contribution >= 0.6 is 0 Å². The van der Waals surface area contributed by atoms with Crippen LogP contribution in [0.25, 0.3) is 10.9 Å². The second-order valence-electron chi connectivity index (χ2n) is 7.85. The number of anilines is 1. The second kappa shape index (κ2) is 10.6. The number of para-hydroxylation sites is 1. The summed E-state index contributed by atoms with van der Waals surface area (Å²) >= 11 is 0. The molecule has 0 radical (unpaired) electrons. The van der Waals surface area contributed by atoms with E-state index in [2.05, 4.69) is 25.9 Å². The summed E-state index contributed by atoms with van der Waals surface area (Å²) in [4.78, 5) is 33.7. The SMILES string of the molecule is COC(=O)[C@@H](Nc1nc(CNC(=O)NC(C)c2ccccc2)nc2ccccc12)C(C)C. The molecule has 168 valence electrons. The minimum Gasteiger partial charge on any atom is -0.467 e. The molecular weight excluding hydrogens is 406 g/mol. The maximum absolute atomic E-state index is 12.4. The van der Waals surface area contributed by atoms with Crippen molar-refractivity contribution in [1.29, 1.82) is 0 Å². The molecule has 0 aliphatic heterocycles. The third kappa shape index (κ3) is 5.72. The number of carbonyl (C=O) groups is 2. The van der Waals surface area contributed by atoms with E-state index in [-0.39, 0.29) is 30.5 Å². The Morgan fingerprint density at radius 3 is 2.34 bits per heavy atom. The first-order chi connectivity index (χ1) is 15.4. The average molecular weight is 436 g/mol. The number of carbonyl (C=O) groups excluding carboxylic acids is 2. The number of amides is 2. The number of hydrogen-bond donors (Lipinski definition) is 3. The molecule has 3 N–H and O–H groups in total. The number of nitrogens with one attached hydrogen (secondary N) is 3. The highest BCUT2D eigenvalue weighted by Crippen LogP contribution is 2.22. The van der Waals surface area contributed by atoms with Gasteiger partial charge in [0.1, 0.15) is 11.9 Å². The lowest BCUT2D eigenvalue weighted by Gasteiger charge is -2.21. The molecule has 3 aromatic rings. The molecule has 3 rings (SSSR count). The van der Waals surface area contributed by atoms with E-state index >= 15 is 0 Å². The third-order valence-electron chi connectivity index (χ3n) is 5.12. The first kappa shape index (κ1) is 23.0. The summed E-state index contributed by atoms with van der Waals surface area (Å²) in [5.74, 6) is 0.579. The van der Waals surface area contributed by atoms with Gasteiger partial charge in [-0.05, 0) is 30.5 Å². The van der Waals surface area contributed by atoms with Gasteiger partial charge in [-0.1, -0.05) is 56.3 Å². The first-order valence-corrected chi connectivity index (χ1v) is 10.6. The monoisotopic (exact) mass is 435 g/mol. The van der Waals surface area contributed by atoms with Crippen molar-refractivity contribution in [2.24, 2.45) is 5.92 Å². The quantitative estimate of drug-likeness (QED) is 0.465. The Kier molecular flexibility index (Phi) is 7.59. The summed E-state index contributed by atoms with van der Waals surface area (Å²) < 4.78 is 4.93. The summed E-state index contributed by atoms with van der Waals surface area (Å²) in [6.07, 6.45) is 0. The van der Waals surface area contributed by atoms with Gasteiger partial charge in [-0.3, -0.25) is 0 Å². The van der Waals surface area contributed by atoms with Gasteiger partial charge in [0.05, 0.1) is 25.2 Å². The van der Waals surface area contributed by atoms with Gasteiger partial charge in [-0.15, -0.1) is 0 Å². The molecule has 8 nitrogen and oxygen atoms in total. The Hall–Kier alpha value is -3.68. The standard InChI is InChI=1S/C24H29N5O3/c1-15(2)21(23(30)32-4)29-22-18-12-8-9-13-19(18)27-20(28-22)14-25-24(31)26-16(3)17-10-6-5-7-11-17/h5-13,15-16,21H,14H2,1-4H3,(H2,25,26,31)(H,27,28,29)/t16?,21-/m0/s1. The van der Waals surface area contributed by atoms with Crippen LogP contribution in [0.15, 0.2) is 54.6 Å². The van der Waals surface area contributed by atoms with Crippen LogP contribution in [-0.4, -0.2) is 35.1 Å². The number of methoxy groups -OCH3 is 1. The fourth-order valence-electron chi connectivity index (χ4n) is 3.32. The number of aromatic nitrogens is 2. The summed E-state index contributed by atoms with van der Waals surface area (Å²) in [6, 6.07) is 16.2. The Bertz CT molecular complexity index is 1070. The highest BCUT2D eigenvalue weighted by molar-refractivity contribution is 5.91. The van der Waals surface area contributed by atoms with E-state index in [0.29, 0.717) is 17.2 Å². The number of hydrogen-bond acceptors (Lipinski definition) is 6. The fraction of sp³-hybridized carbons (Fsp3) is 0.333. The molecule has 0 bridgehead atoms. The predicted octanol–water partition coefficient (Wildman–Crippen LogP) is 3.80. The molecule has 2 aromatic carbocycles. The van der Waals surface area contributed by atoms with E-state index in [1.807, 2.05) is 75.4 Å². The van der Waals surface area contributed by atoms with Crippen LogP contribution in [-0.2, 0) is 16.1 Å². The lowest BCUT2D eigenvalue weighted by atomic mass is 10.0. The zero-order valence-corrected chi connectivity index (χ0v) is 18.8. The molecule has 1 aromatic heterocycles. The zero-order chi connectivity index (χ0) is 23.1. The lowest BCUT2D eigenvalue weighted by Crippen LogP contribution is -2.37. The molecule has 1 unspecified atom stereocenters. The van der Waals surface area contributed by atoms with Crippen molar-refractivity contribution in [3.8, 4) is 0 Å². The summed E-state index contributed by atoms with van der Waals surface area (Å²) in [5.41, 5.74) is 1.73. The number of benzene rings is 2. The van der Waals surface area contributed by atoms with Crippen molar-refractivity contribution in [1.82, 2.24) is 20.6 Å². The molecule has 0 fully saturated rings. The maximum Gasteiger partial charge on any atom is 0.328 e. The topological polar surface area (TPSA) is 105 Å². The van der Waals surface area contributed by atoms with Crippen LogP contribution in [0.4, 0.5) is 10.6 Å². The van der Waals surface area contributed by atoms with Crippen LogP contribution in [0.3, 0.4) is 0 Å². The number of nitrogens with zero attached hydrogens (tertiary/aromatic N) is 2. The molecule has 0 saturated carbocycles. The van der Waals surface area contributed by atoms with Crippen molar-refractivity contribution in [2.75, 3.05) is 12.4 Å². The average Bonchev–Trinajstić information content (AvgIpc) is 2.80. The summed E-state index contributed by atoms with van der Waals surface area (Å²) in [5, 5.41) is 9.70. The third-order valence-corrected chi connectivity index (χ3v) is 5.12. The number of fused-ring (bicyclic) bond motifs is 1. The van der Waals surface area contributed by atoms with Crippen molar-refractivity contribution >= 4 is 28.7 Å². The molecule has 0 saturated heterocycles. The van der Waals surface area contributed by atoms with Crippen LogP contribution in [0.2, 0.25) is 0 Å². The van der Waals surface area contributed by atoms with E-state index in [4.69, 9.17) is 4.74 Å². The molecule has 2 atom stereocenters. The number of ether oxygens (including phenoxy) is 1. The predicted molar refractivity (Wildman–Crippen MR) is 124 cm³/mol. The summed E-state index contributed by atoms with van der Waals surface area (Å²) in [6.45, 7) is 5.91. The lowest BCUT2D eigenvalue weighted by molar-refractivity contribution is -0.142. The largest absolute Gasteiger partial charge is 0.467 e. The Balaban J connectivity index is 1.75. The minimum atomic E-state index is -0.561. The van der Waals surface area contributed by atoms with E-state index in [0.717, 1.165) is 10.9 Å². The van der Waals surface area contributed by atoms with Gasteiger partial charge in [0.2, 0.25) is 0 Å². The number of rotatable bonds is 8. The molecule has 0 aliphatic carbocycles. The van der Waals surface area contributed by atoms with Gasteiger partial charge in [-0.25, -0.2) is 19.6 Å². The number of esters is 1. The Morgan fingerprint density at radius 1 is 0.969 bits per heavy atom. The molecule has 0 aliphatic rings. The van der Waals surface area contributed by atoms with Crippen molar-refractivity contribution in [3.05, 3.63) is 66.0 Å². The zero-order valence-electron chi connectivity index (χ0n) is 18.8. The van der Waals surface area contributed by atoms with Crippen molar-refractivity contribution in [3.63, 3.8) is 0 Å². The van der Waals surface area contributed by atoms with Gasteiger partial charge in [-0.2, -0.15) is 0 Å². The van der Waals surface area contributed by atoms with Gasteiger partial charge >= 0.3 is 12.0 Å². The maximum atomic E-state index is 12.4. The smallest absolute Gasteiger partial charge is 0.328 e.